The zero-order chi connectivity index (χ0) is 31.7. The molecule has 230 valence electrons. The Hall–Kier alpha value is -3.76. The third-order valence-corrected chi connectivity index (χ3v) is 5.79. The minimum Gasteiger partial charge on any atom is -0.400 e. The van der Waals surface area contributed by atoms with Crippen LogP contribution in [0.5, 0.6) is 0 Å². The number of anilines is 2. The highest BCUT2D eigenvalue weighted by Crippen LogP contribution is 2.28. The largest absolute Gasteiger partial charge is 0.400 e. The summed E-state index contributed by atoms with van der Waals surface area (Å²) in [6.45, 7) is 15.3. The molecule has 2 aromatic carbocycles. The van der Waals surface area contributed by atoms with E-state index in [0.717, 1.165) is 16.5 Å². The van der Waals surface area contributed by atoms with Gasteiger partial charge in [0.05, 0.1) is 6.42 Å². The van der Waals surface area contributed by atoms with Crippen molar-refractivity contribution >= 4 is 45.8 Å². The number of para-hydroxylation sites is 1. The van der Waals surface area contributed by atoms with Crippen LogP contribution < -0.4 is 21.3 Å². The van der Waals surface area contributed by atoms with E-state index in [1.807, 2.05) is 65.1 Å². The SMILES string of the molecule is C=C(C)C.CC.CC=S.CNC/C(N)=C/Nc1cc(F)c(N2CCN(C(=O)Cc3c[nH]c4ccccc34)CC2)c(F)c1. The Kier molecular flexibility index (Phi) is 16.7. The first-order valence-electron chi connectivity index (χ1n) is 14.1. The molecule has 3 aromatic rings. The van der Waals surface area contributed by atoms with Gasteiger partial charge in [0.15, 0.2) is 11.6 Å². The van der Waals surface area contributed by atoms with E-state index in [4.69, 9.17) is 5.73 Å². The fraction of sp³-hybridized carbons (Fsp3) is 0.375. The smallest absolute Gasteiger partial charge is 0.227 e. The molecule has 1 aliphatic rings. The number of hydrogen-bond donors (Lipinski definition) is 4. The maximum Gasteiger partial charge on any atom is 0.227 e. The summed E-state index contributed by atoms with van der Waals surface area (Å²) in [6, 6.07) is 10.3. The van der Waals surface area contributed by atoms with Crippen LogP contribution in [-0.4, -0.2) is 60.9 Å². The zero-order valence-corrected chi connectivity index (χ0v) is 26.5. The van der Waals surface area contributed by atoms with Gasteiger partial charge in [-0.15, -0.1) is 6.58 Å². The first-order chi connectivity index (χ1) is 20.1. The van der Waals surface area contributed by atoms with Crippen LogP contribution in [0.4, 0.5) is 20.2 Å². The average molecular weight is 601 g/mol. The highest BCUT2D eigenvalue weighted by atomic mass is 32.1. The second kappa shape index (κ2) is 19.4. The predicted octanol–water partition coefficient (Wildman–Crippen LogP) is 6.38. The molecule has 1 aliphatic heterocycles. The topological polar surface area (TPSA) is 89.4 Å². The molecule has 42 heavy (non-hydrogen) atoms. The number of aromatic nitrogens is 1. The Morgan fingerprint density at radius 2 is 1.67 bits per heavy atom. The van der Waals surface area contributed by atoms with Crippen molar-refractivity contribution in [2.45, 2.75) is 41.0 Å². The Morgan fingerprint density at radius 3 is 2.21 bits per heavy atom. The number of amides is 1. The van der Waals surface area contributed by atoms with E-state index >= 15 is 0 Å². The van der Waals surface area contributed by atoms with Gasteiger partial charge in [-0.25, -0.2) is 8.78 Å². The highest BCUT2D eigenvalue weighted by Gasteiger charge is 2.26. The summed E-state index contributed by atoms with van der Waals surface area (Å²) >= 11 is 4.27. The van der Waals surface area contributed by atoms with Crippen molar-refractivity contribution in [3.8, 4) is 0 Å². The molecule has 7 nitrogen and oxygen atoms in total. The van der Waals surface area contributed by atoms with Gasteiger partial charge in [0.1, 0.15) is 5.69 Å². The molecule has 0 spiro atoms. The predicted molar refractivity (Wildman–Crippen MR) is 178 cm³/mol. The fourth-order valence-corrected chi connectivity index (χ4v) is 4.11. The molecule has 0 radical (unpaired) electrons. The average Bonchev–Trinajstić information content (AvgIpc) is 3.36. The molecule has 0 aliphatic carbocycles. The van der Waals surface area contributed by atoms with Crippen LogP contribution in [0.15, 0.2) is 66.6 Å². The van der Waals surface area contributed by atoms with E-state index in [9.17, 15) is 13.6 Å². The van der Waals surface area contributed by atoms with Crippen LogP contribution in [-0.2, 0) is 11.2 Å². The van der Waals surface area contributed by atoms with Gasteiger partial charge < -0.3 is 31.2 Å². The number of hydrogen-bond acceptors (Lipinski definition) is 6. The Bertz CT molecular complexity index is 1290. The lowest BCUT2D eigenvalue weighted by Crippen LogP contribution is -2.49. The number of likely N-dealkylation sites (N-methyl/N-ethyl adjacent to an activating group) is 1. The van der Waals surface area contributed by atoms with Crippen molar-refractivity contribution in [3.63, 3.8) is 0 Å². The summed E-state index contributed by atoms with van der Waals surface area (Å²) in [4.78, 5) is 19.4. The number of piperazine rings is 1. The lowest BCUT2D eigenvalue weighted by molar-refractivity contribution is -0.130. The number of allylic oxidation sites excluding steroid dienone is 1. The molecule has 5 N–H and O–H groups in total. The number of aromatic amines is 1. The maximum absolute atomic E-state index is 14.8. The molecule has 0 unspecified atom stereocenters. The van der Waals surface area contributed by atoms with E-state index in [1.54, 1.807) is 22.2 Å². The van der Waals surface area contributed by atoms with Crippen molar-refractivity contribution < 1.29 is 13.6 Å². The third-order valence-electron chi connectivity index (χ3n) is 5.79. The van der Waals surface area contributed by atoms with Crippen molar-refractivity contribution in [2.24, 2.45) is 5.73 Å². The van der Waals surface area contributed by atoms with Crippen LogP contribution in [0.25, 0.3) is 10.9 Å². The second-order valence-electron chi connectivity index (χ2n) is 9.53. The lowest BCUT2D eigenvalue weighted by Gasteiger charge is -2.36. The number of nitrogens with zero attached hydrogens (tertiary/aromatic N) is 2. The van der Waals surface area contributed by atoms with Crippen LogP contribution >= 0.6 is 12.2 Å². The zero-order valence-electron chi connectivity index (χ0n) is 25.7. The number of carbonyl (C=O) groups is 1. The van der Waals surface area contributed by atoms with Gasteiger partial charge in [0, 0.05) is 67.4 Å². The van der Waals surface area contributed by atoms with Crippen molar-refractivity contribution in [3.05, 3.63) is 83.8 Å². The van der Waals surface area contributed by atoms with E-state index in [2.05, 4.69) is 34.4 Å². The molecule has 0 saturated carbocycles. The number of carbonyl (C=O) groups excluding carboxylic acids is 1. The molecular weight excluding hydrogens is 554 g/mol. The van der Waals surface area contributed by atoms with Crippen molar-refractivity contribution in [1.29, 1.82) is 0 Å². The van der Waals surface area contributed by atoms with Crippen LogP contribution in [0.1, 0.15) is 40.2 Å². The summed E-state index contributed by atoms with van der Waals surface area (Å²) < 4.78 is 29.5. The summed E-state index contributed by atoms with van der Waals surface area (Å²) in [5, 5.41) is 8.32. The molecule has 0 atom stereocenters. The Balaban J connectivity index is 0.000000873. The molecule has 1 fully saturated rings. The quantitative estimate of drug-likeness (QED) is 0.186. The number of nitrogens with two attached hydrogens (primary N) is 1. The lowest BCUT2D eigenvalue weighted by atomic mass is 10.1. The maximum atomic E-state index is 14.8. The molecule has 4 rings (SSSR count). The van der Waals surface area contributed by atoms with Gasteiger partial charge in [-0.05, 0) is 56.9 Å². The van der Waals surface area contributed by atoms with Crippen LogP contribution in [0, 0.1) is 11.6 Å². The molecule has 0 bridgehead atoms. The van der Waals surface area contributed by atoms with Gasteiger partial charge in [-0.2, -0.15) is 0 Å². The highest BCUT2D eigenvalue weighted by molar-refractivity contribution is 7.78. The summed E-state index contributed by atoms with van der Waals surface area (Å²) in [5.74, 6) is -1.31. The van der Waals surface area contributed by atoms with E-state index in [1.165, 1.54) is 23.9 Å². The minimum atomic E-state index is -0.656. The number of halogens is 2. The van der Waals surface area contributed by atoms with Crippen LogP contribution in [0.3, 0.4) is 0 Å². The first-order valence-corrected chi connectivity index (χ1v) is 14.5. The summed E-state index contributed by atoms with van der Waals surface area (Å²) in [5.41, 5.74) is 9.59. The Labute approximate surface area is 254 Å². The van der Waals surface area contributed by atoms with E-state index < -0.39 is 11.6 Å². The van der Waals surface area contributed by atoms with Gasteiger partial charge >= 0.3 is 0 Å². The fourth-order valence-electron chi connectivity index (χ4n) is 4.11. The summed E-state index contributed by atoms with van der Waals surface area (Å²) in [6.07, 6.45) is 3.65. The first kappa shape index (κ1) is 36.3. The number of benzene rings is 2. The molecule has 2 heterocycles. The number of thiocarbonyl (C=S) groups is 1. The standard InChI is InChI=1S/C24H28F2N6O.C4H8.C2H4S.C2H6/c1-28-14-17(27)15-29-18-11-20(25)24(21(26)12-18)32-8-6-31(7-9-32)23(33)10-16-13-30-22-5-3-2-4-19(16)22;1-4(2)3;1-2-3;1-2/h2-5,11-13,15,28-30H,6-10,14,27H2,1H3;1H2,2-3H3;2H,1H3;1-2H3/b17-15-;;;. The van der Waals surface area contributed by atoms with Gasteiger partial charge in [0.25, 0.3) is 0 Å². The van der Waals surface area contributed by atoms with Gasteiger partial charge in [0.2, 0.25) is 5.91 Å². The molecule has 1 amide bonds. The Morgan fingerprint density at radius 1 is 1.12 bits per heavy atom. The van der Waals surface area contributed by atoms with Crippen LogP contribution in [0.2, 0.25) is 0 Å². The summed E-state index contributed by atoms with van der Waals surface area (Å²) in [7, 11) is 1.75. The molecule has 1 saturated heterocycles. The van der Waals surface area contributed by atoms with Crippen molar-refractivity contribution in [1.82, 2.24) is 15.2 Å². The number of H-pyrrole nitrogens is 1. The van der Waals surface area contributed by atoms with E-state index in [0.29, 0.717) is 38.4 Å². The van der Waals surface area contributed by atoms with Crippen molar-refractivity contribution in [2.75, 3.05) is 50.0 Å². The molecular formula is C32H46F2N6OS. The number of fused-ring (bicyclic) bond motifs is 1. The number of nitrogens with one attached hydrogen (secondary N) is 3. The molecule has 1 aromatic heterocycles. The van der Waals surface area contributed by atoms with Gasteiger partial charge in [-0.3, -0.25) is 4.79 Å². The minimum absolute atomic E-state index is 0.00541. The molecule has 10 heteroatoms. The van der Waals surface area contributed by atoms with Gasteiger partial charge in [-0.1, -0.05) is 49.8 Å². The number of rotatable bonds is 7. The van der Waals surface area contributed by atoms with E-state index in [-0.39, 0.29) is 23.7 Å². The monoisotopic (exact) mass is 600 g/mol. The normalized spacial score (nSPS) is 12.6. The third kappa shape index (κ3) is 11.6. The second-order valence-corrected chi connectivity index (χ2v) is 10.0.